The molecule has 33 heavy (non-hydrogen) atoms. The first kappa shape index (κ1) is 25.7. The van der Waals surface area contributed by atoms with Crippen LogP contribution in [0.25, 0.3) is 0 Å². The summed E-state index contributed by atoms with van der Waals surface area (Å²) in [5.41, 5.74) is 1.81. The zero-order valence-electron chi connectivity index (χ0n) is 18.7. The van der Waals surface area contributed by atoms with Gasteiger partial charge in [-0.3, -0.25) is 0 Å². The van der Waals surface area contributed by atoms with E-state index in [1.807, 2.05) is 37.3 Å². The van der Waals surface area contributed by atoms with E-state index >= 15 is 0 Å². The lowest BCUT2D eigenvalue weighted by atomic mass is 10.1. The standard InChI is InChI=1S/C24H32ClNO7/c1-17(26-14-21(29)19-3-2-4-20(25)13-19)11-18-5-6-22-23(12-18)33-24(32-22,15-30-9-7-27)16-31-10-8-28/h2-6,12-13,17,21,26-29H,7-11,14-16H2,1H3. The van der Waals surface area contributed by atoms with E-state index in [2.05, 4.69) is 5.32 Å². The van der Waals surface area contributed by atoms with Gasteiger partial charge in [0.2, 0.25) is 0 Å². The molecule has 0 bridgehead atoms. The van der Waals surface area contributed by atoms with Crippen LogP contribution in [0.4, 0.5) is 0 Å². The van der Waals surface area contributed by atoms with Crippen molar-refractivity contribution >= 4 is 11.6 Å². The van der Waals surface area contributed by atoms with E-state index in [1.165, 1.54) is 0 Å². The van der Waals surface area contributed by atoms with E-state index in [4.69, 9.17) is 40.8 Å². The fourth-order valence-corrected chi connectivity index (χ4v) is 3.78. The van der Waals surface area contributed by atoms with Gasteiger partial charge in [-0.25, -0.2) is 0 Å². The van der Waals surface area contributed by atoms with Crippen LogP contribution in [0.3, 0.4) is 0 Å². The maximum atomic E-state index is 10.4. The van der Waals surface area contributed by atoms with Gasteiger partial charge >= 0.3 is 0 Å². The van der Waals surface area contributed by atoms with Crippen LogP contribution >= 0.6 is 11.6 Å². The average Bonchev–Trinajstić information content (AvgIpc) is 3.15. The van der Waals surface area contributed by atoms with E-state index in [9.17, 15) is 5.11 Å². The molecule has 0 spiro atoms. The number of hydrogen-bond acceptors (Lipinski definition) is 8. The zero-order chi connectivity index (χ0) is 23.7. The Morgan fingerprint density at radius 3 is 2.36 bits per heavy atom. The molecule has 2 aromatic rings. The molecule has 0 radical (unpaired) electrons. The quantitative estimate of drug-likeness (QED) is 0.304. The van der Waals surface area contributed by atoms with Gasteiger partial charge in [-0.05, 0) is 48.7 Å². The Balaban J connectivity index is 1.56. The van der Waals surface area contributed by atoms with E-state index < -0.39 is 11.9 Å². The molecule has 1 heterocycles. The van der Waals surface area contributed by atoms with Crippen molar-refractivity contribution in [3.05, 3.63) is 58.6 Å². The molecular weight excluding hydrogens is 450 g/mol. The number of rotatable bonds is 14. The summed E-state index contributed by atoms with van der Waals surface area (Å²) in [7, 11) is 0. The molecule has 8 nitrogen and oxygen atoms in total. The average molecular weight is 482 g/mol. The fourth-order valence-electron chi connectivity index (χ4n) is 3.58. The van der Waals surface area contributed by atoms with E-state index in [-0.39, 0.29) is 45.7 Å². The minimum absolute atomic E-state index is 0.0718. The summed E-state index contributed by atoms with van der Waals surface area (Å²) in [4.78, 5) is 0. The third-order valence-electron chi connectivity index (χ3n) is 5.15. The first-order valence-corrected chi connectivity index (χ1v) is 11.4. The SMILES string of the molecule is CC(Cc1ccc2c(c1)OC(COCCO)(COCCO)O2)NCC(O)c1cccc(Cl)c1. The summed E-state index contributed by atoms with van der Waals surface area (Å²) in [5.74, 6) is -0.00856. The van der Waals surface area contributed by atoms with Gasteiger partial charge in [-0.1, -0.05) is 29.8 Å². The third-order valence-corrected chi connectivity index (χ3v) is 5.39. The molecule has 2 atom stereocenters. The zero-order valence-corrected chi connectivity index (χ0v) is 19.5. The van der Waals surface area contributed by atoms with Gasteiger partial charge in [0.15, 0.2) is 11.5 Å². The largest absolute Gasteiger partial charge is 0.444 e. The molecule has 0 amide bonds. The molecule has 0 aliphatic carbocycles. The highest BCUT2D eigenvalue weighted by Crippen LogP contribution is 2.40. The van der Waals surface area contributed by atoms with Gasteiger partial charge in [-0.2, -0.15) is 0 Å². The first-order chi connectivity index (χ1) is 15.9. The molecule has 3 rings (SSSR count). The molecule has 4 N–H and O–H groups in total. The van der Waals surface area contributed by atoms with Crippen LogP contribution in [0.1, 0.15) is 24.2 Å². The number of hydrogen-bond donors (Lipinski definition) is 4. The van der Waals surface area contributed by atoms with E-state index in [0.29, 0.717) is 29.5 Å². The number of ether oxygens (including phenoxy) is 4. The Bertz CT molecular complexity index is 872. The van der Waals surface area contributed by atoms with Crippen molar-refractivity contribution in [2.75, 3.05) is 46.2 Å². The van der Waals surface area contributed by atoms with Gasteiger partial charge in [0, 0.05) is 17.6 Å². The molecule has 1 aliphatic heterocycles. The predicted octanol–water partition coefficient (Wildman–Crippen LogP) is 2.08. The maximum Gasteiger partial charge on any atom is 0.298 e. The second-order valence-electron chi connectivity index (χ2n) is 8.03. The summed E-state index contributed by atoms with van der Waals surface area (Å²) in [6.07, 6.45) is 0.0647. The van der Waals surface area contributed by atoms with Gasteiger partial charge in [-0.15, -0.1) is 0 Å². The number of benzene rings is 2. The summed E-state index contributed by atoms with van der Waals surface area (Å²) < 4.78 is 22.9. The smallest absolute Gasteiger partial charge is 0.298 e. The lowest BCUT2D eigenvalue weighted by Gasteiger charge is -2.27. The lowest BCUT2D eigenvalue weighted by molar-refractivity contribution is -0.172. The summed E-state index contributed by atoms with van der Waals surface area (Å²) in [6, 6.07) is 13.0. The van der Waals surface area contributed by atoms with Crippen LogP contribution in [-0.4, -0.2) is 73.3 Å². The second-order valence-corrected chi connectivity index (χ2v) is 8.47. The fraction of sp³-hybridized carbons (Fsp3) is 0.500. The van der Waals surface area contributed by atoms with Gasteiger partial charge in [0.25, 0.3) is 5.79 Å². The van der Waals surface area contributed by atoms with Crippen LogP contribution in [0.15, 0.2) is 42.5 Å². The summed E-state index contributed by atoms with van der Waals surface area (Å²) in [6.45, 7) is 2.68. The van der Waals surface area contributed by atoms with Gasteiger partial charge in [0.05, 0.1) is 32.5 Å². The van der Waals surface area contributed by atoms with Crippen LogP contribution in [0, 0.1) is 0 Å². The van der Waals surface area contributed by atoms with Crippen LogP contribution in [0.5, 0.6) is 11.5 Å². The Hall–Kier alpha value is -1.91. The van der Waals surface area contributed by atoms with Crippen molar-refractivity contribution < 1.29 is 34.3 Å². The molecule has 2 aromatic carbocycles. The second kappa shape index (κ2) is 12.5. The molecule has 0 aromatic heterocycles. The Morgan fingerprint density at radius 2 is 1.70 bits per heavy atom. The maximum absolute atomic E-state index is 10.4. The van der Waals surface area contributed by atoms with E-state index in [0.717, 1.165) is 11.1 Å². The molecule has 2 unspecified atom stereocenters. The van der Waals surface area contributed by atoms with Crippen LogP contribution < -0.4 is 14.8 Å². The predicted molar refractivity (Wildman–Crippen MR) is 124 cm³/mol. The topological polar surface area (TPSA) is 110 Å². The Labute approximate surface area is 199 Å². The number of aliphatic hydroxyl groups is 3. The van der Waals surface area contributed by atoms with Crippen molar-refractivity contribution in [3.63, 3.8) is 0 Å². The van der Waals surface area contributed by atoms with Crippen molar-refractivity contribution in [1.29, 1.82) is 0 Å². The van der Waals surface area contributed by atoms with Crippen molar-refractivity contribution in [1.82, 2.24) is 5.32 Å². The molecule has 0 fully saturated rings. The number of fused-ring (bicyclic) bond motifs is 1. The molecule has 182 valence electrons. The molecular formula is C24H32ClNO7. The number of nitrogens with one attached hydrogen (secondary N) is 1. The monoisotopic (exact) mass is 481 g/mol. The van der Waals surface area contributed by atoms with Gasteiger partial charge < -0.3 is 39.6 Å². The highest BCUT2D eigenvalue weighted by Gasteiger charge is 2.42. The normalized spacial score (nSPS) is 16.0. The van der Waals surface area contributed by atoms with Gasteiger partial charge in [0.1, 0.15) is 13.2 Å². The highest BCUT2D eigenvalue weighted by atomic mass is 35.5. The Kier molecular flexibility index (Phi) is 9.76. The summed E-state index contributed by atoms with van der Waals surface area (Å²) >= 11 is 6.00. The van der Waals surface area contributed by atoms with E-state index in [1.54, 1.807) is 12.1 Å². The molecule has 0 saturated carbocycles. The minimum atomic E-state index is -1.17. The summed E-state index contributed by atoms with van der Waals surface area (Å²) in [5, 5.41) is 32.3. The number of aliphatic hydroxyl groups excluding tert-OH is 3. The van der Waals surface area contributed by atoms with Crippen molar-refractivity contribution in [2.24, 2.45) is 0 Å². The molecule has 0 saturated heterocycles. The van der Waals surface area contributed by atoms with Crippen molar-refractivity contribution in [2.45, 2.75) is 31.3 Å². The lowest BCUT2D eigenvalue weighted by Crippen LogP contribution is -2.48. The first-order valence-electron chi connectivity index (χ1n) is 11.0. The van der Waals surface area contributed by atoms with Crippen molar-refractivity contribution in [3.8, 4) is 11.5 Å². The third kappa shape index (κ3) is 7.55. The highest BCUT2D eigenvalue weighted by molar-refractivity contribution is 6.30. The van der Waals surface area contributed by atoms with Crippen LogP contribution in [0.2, 0.25) is 5.02 Å². The number of halogens is 1. The minimum Gasteiger partial charge on any atom is -0.444 e. The van der Waals surface area contributed by atoms with Crippen LogP contribution in [-0.2, 0) is 15.9 Å². The molecule has 9 heteroatoms. The molecule has 1 aliphatic rings. The Morgan fingerprint density at radius 1 is 1.00 bits per heavy atom.